The largest absolute Gasteiger partial charge is 0.494 e. The van der Waals surface area contributed by atoms with E-state index in [2.05, 4.69) is 4.98 Å². The summed E-state index contributed by atoms with van der Waals surface area (Å²) in [5, 5.41) is 0.534. The molecule has 0 aliphatic carbocycles. The number of carbonyl (C=O) groups excluding carboxylic acids is 1. The fourth-order valence-corrected chi connectivity index (χ4v) is 4.19. The van der Waals surface area contributed by atoms with Crippen molar-refractivity contribution in [1.29, 1.82) is 0 Å². The number of benzene rings is 1. The van der Waals surface area contributed by atoms with Gasteiger partial charge in [0.15, 0.2) is 0 Å². The third-order valence-corrected chi connectivity index (χ3v) is 5.48. The van der Waals surface area contributed by atoms with Gasteiger partial charge in [-0.05, 0) is 38.0 Å². The summed E-state index contributed by atoms with van der Waals surface area (Å²) in [4.78, 5) is 31.4. The molecule has 0 spiro atoms. The minimum absolute atomic E-state index is 0.231. The quantitative estimate of drug-likeness (QED) is 0.600. The van der Waals surface area contributed by atoms with Crippen LogP contribution in [-0.4, -0.2) is 29.2 Å². The van der Waals surface area contributed by atoms with Gasteiger partial charge in [-0.2, -0.15) is 0 Å². The number of thiophene rings is 1. The molecule has 142 valence electrons. The molecule has 6 nitrogen and oxygen atoms in total. The molecule has 2 heterocycles. The summed E-state index contributed by atoms with van der Waals surface area (Å²) in [5.41, 5.74) is 1.54. The van der Waals surface area contributed by atoms with Crippen LogP contribution in [0.5, 0.6) is 5.75 Å². The van der Waals surface area contributed by atoms with Crippen LogP contribution in [0.1, 0.15) is 31.2 Å². The molecule has 0 amide bonds. The average molecular weight is 386 g/mol. The molecule has 3 aromatic rings. The Morgan fingerprint density at radius 2 is 1.96 bits per heavy atom. The maximum absolute atomic E-state index is 13.2. The second kappa shape index (κ2) is 7.92. The van der Waals surface area contributed by atoms with Crippen molar-refractivity contribution in [2.75, 3.05) is 13.7 Å². The summed E-state index contributed by atoms with van der Waals surface area (Å²) in [6.45, 7) is 6.34. The fourth-order valence-electron chi connectivity index (χ4n) is 3.18. The zero-order valence-corrected chi connectivity index (χ0v) is 16.6. The zero-order chi connectivity index (χ0) is 19.6. The van der Waals surface area contributed by atoms with Crippen LogP contribution in [-0.2, 0) is 9.53 Å². The Bertz CT molecular complexity index is 1020. The van der Waals surface area contributed by atoms with Gasteiger partial charge < -0.3 is 9.47 Å². The molecule has 0 saturated carbocycles. The highest BCUT2D eigenvalue weighted by Gasteiger charge is 2.24. The van der Waals surface area contributed by atoms with Gasteiger partial charge in [0.2, 0.25) is 0 Å². The van der Waals surface area contributed by atoms with E-state index in [-0.39, 0.29) is 5.56 Å². The molecule has 2 aromatic heterocycles. The summed E-state index contributed by atoms with van der Waals surface area (Å²) < 4.78 is 11.7. The van der Waals surface area contributed by atoms with E-state index in [1.807, 2.05) is 45.0 Å². The van der Waals surface area contributed by atoms with E-state index in [4.69, 9.17) is 9.47 Å². The number of carbonyl (C=O) groups is 1. The van der Waals surface area contributed by atoms with E-state index >= 15 is 0 Å². The van der Waals surface area contributed by atoms with Crippen LogP contribution >= 0.6 is 11.3 Å². The maximum atomic E-state index is 13.2. The van der Waals surface area contributed by atoms with Crippen molar-refractivity contribution in [2.24, 2.45) is 0 Å². The lowest BCUT2D eigenvalue weighted by Gasteiger charge is -2.15. The zero-order valence-electron chi connectivity index (χ0n) is 15.8. The molecule has 0 aliphatic rings. The Morgan fingerprint density at radius 3 is 2.56 bits per heavy atom. The van der Waals surface area contributed by atoms with Crippen molar-refractivity contribution in [2.45, 2.75) is 33.2 Å². The molecule has 0 N–H and O–H groups in total. The summed E-state index contributed by atoms with van der Waals surface area (Å²) in [6, 6.07) is 6.97. The van der Waals surface area contributed by atoms with Crippen LogP contribution < -0.4 is 10.3 Å². The first-order chi connectivity index (χ1) is 13.0. The van der Waals surface area contributed by atoms with Crippen molar-refractivity contribution in [1.82, 2.24) is 9.55 Å². The highest BCUT2D eigenvalue weighted by Crippen LogP contribution is 2.36. The summed E-state index contributed by atoms with van der Waals surface area (Å²) >= 11 is 1.47. The van der Waals surface area contributed by atoms with Crippen molar-refractivity contribution in [3.8, 4) is 16.9 Å². The molecule has 1 atom stereocenters. The lowest BCUT2D eigenvalue weighted by Crippen LogP contribution is -2.30. The smallest absolute Gasteiger partial charge is 0.329 e. The molecule has 7 heteroatoms. The van der Waals surface area contributed by atoms with Crippen molar-refractivity contribution >= 4 is 27.5 Å². The number of rotatable bonds is 6. The number of aromatic nitrogens is 2. The monoisotopic (exact) mass is 386 g/mol. The third kappa shape index (κ3) is 3.47. The van der Waals surface area contributed by atoms with Crippen LogP contribution in [0.15, 0.2) is 35.4 Å². The summed E-state index contributed by atoms with van der Waals surface area (Å²) in [6.07, 6.45) is 1.88. The van der Waals surface area contributed by atoms with Gasteiger partial charge in [-0.25, -0.2) is 9.78 Å². The van der Waals surface area contributed by atoms with Gasteiger partial charge in [0.25, 0.3) is 5.56 Å². The number of nitrogens with zero attached hydrogens (tertiary/aromatic N) is 2. The highest BCUT2D eigenvalue weighted by atomic mass is 32.1. The first kappa shape index (κ1) is 19.1. The van der Waals surface area contributed by atoms with E-state index in [0.717, 1.165) is 21.8 Å². The number of hydrogen-bond donors (Lipinski definition) is 0. The highest BCUT2D eigenvalue weighted by molar-refractivity contribution is 7.19. The first-order valence-corrected chi connectivity index (χ1v) is 9.64. The van der Waals surface area contributed by atoms with Gasteiger partial charge in [-0.15, -0.1) is 11.3 Å². The standard InChI is InChI=1S/C20H22N2O4S/c1-5-15(20(24)25-4)22-11-21-18-17(19(22)23)16(12(3)27-18)13-7-9-14(10-8-13)26-6-2/h7-11,15H,5-6H2,1-4H3. The number of hydrogen-bond acceptors (Lipinski definition) is 6. The van der Waals surface area contributed by atoms with E-state index in [9.17, 15) is 9.59 Å². The lowest BCUT2D eigenvalue weighted by atomic mass is 10.0. The molecule has 0 bridgehead atoms. The van der Waals surface area contributed by atoms with Gasteiger partial charge in [0, 0.05) is 10.4 Å². The number of ether oxygens (including phenoxy) is 2. The third-order valence-electron chi connectivity index (χ3n) is 4.46. The number of methoxy groups -OCH3 is 1. The van der Waals surface area contributed by atoms with Crippen molar-refractivity contribution in [3.05, 3.63) is 45.8 Å². The Morgan fingerprint density at radius 1 is 1.26 bits per heavy atom. The SMILES string of the molecule is CCOc1ccc(-c2c(C)sc3ncn(C(CC)C(=O)OC)c(=O)c23)cc1. The molecule has 0 radical (unpaired) electrons. The molecule has 0 fully saturated rings. The minimum Gasteiger partial charge on any atom is -0.494 e. The second-order valence-electron chi connectivity index (χ2n) is 6.07. The van der Waals surface area contributed by atoms with Crippen molar-refractivity contribution < 1.29 is 14.3 Å². The first-order valence-electron chi connectivity index (χ1n) is 8.83. The summed E-state index contributed by atoms with van der Waals surface area (Å²) in [7, 11) is 1.32. The van der Waals surface area contributed by atoms with Gasteiger partial charge in [-0.3, -0.25) is 9.36 Å². The van der Waals surface area contributed by atoms with E-state index in [1.165, 1.54) is 29.3 Å². The lowest BCUT2D eigenvalue weighted by molar-refractivity contribution is -0.144. The second-order valence-corrected chi connectivity index (χ2v) is 7.28. The Balaban J connectivity index is 2.19. The van der Waals surface area contributed by atoms with Crippen molar-refractivity contribution in [3.63, 3.8) is 0 Å². The predicted octanol–water partition coefficient (Wildman–Crippen LogP) is 3.96. The number of aryl methyl sites for hydroxylation is 1. The van der Waals surface area contributed by atoms with Crippen LogP contribution in [0.25, 0.3) is 21.3 Å². The molecule has 0 saturated heterocycles. The van der Waals surface area contributed by atoms with E-state index < -0.39 is 12.0 Å². The van der Waals surface area contributed by atoms with Gasteiger partial charge >= 0.3 is 5.97 Å². The van der Waals surface area contributed by atoms with E-state index in [0.29, 0.717) is 23.2 Å². The van der Waals surface area contributed by atoms with Gasteiger partial charge in [-0.1, -0.05) is 19.1 Å². The normalized spacial score (nSPS) is 12.1. The topological polar surface area (TPSA) is 70.4 Å². The van der Waals surface area contributed by atoms with Crippen LogP contribution in [0, 0.1) is 6.92 Å². The number of esters is 1. The molecular formula is C20H22N2O4S. The molecule has 1 aromatic carbocycles. The van der Waals surface area contributed by atoms with Gasteiger partial charge in [0.1, 0.15) is 16.6 Å². The Hall–Kier alpha value is -2.67. The van der Waals surface area contributed by atoms with Crippen LogP contribution in [0.4, 0.5) is 0 Å². The molecule has 3 rings (SSSR count). The molecular weight excluding hydrogens is 364 g/mol. The maximum Gasteiger partial charge on any atom is 0.329 e. The predicted molar refractivity (Wildman–Crippen MR) is 107 cm³/mol. The Kier molecular flexibility index (Phi) is 5.60. The number of fused-ring (bicyclic) bond motifs is 1. The van der Waals surface area contributed by atoms with E-state index in [1.54, 1.807) is 0 Å². The van der Waals surface area contributed by atoms with Crippen LogP contribution in [0.3, 0.4) is 0 Å². The Labute approximate surface area is 161 Å². The van der Waals surface area contributed by atoms with Crippen LogP contribution in [0.2, 0.25) is 0 Å². The van der Waals surface area contributed by atoms with Gasteiger partial charge in [0.05, 0.1) is 25.4 Å². The summed E-state index contributed by atoms with van der Waals surface area (Å²) in [5.74, 6) is 0.334. The average Bonchev–Trinajstić information content (AvgIpc) is 3.01. The molecule has 27 heavy (non-hydrogen) atoms. The minimum atomic E-state index is -0.687. The molecule has 1 unspecified atom stereocenters. The fraction of sp³-hybridized carbons (Fsp3) is 0.350. The molecule has 0 aliphatic heterocycles.